The summed E-state index contributed by atoms with van der Waals surface area (Å²) < 4.78 is 0.961. The molecule has 0 saturated carbocycles. The van der Waals surface area contributed by atoms with Crippen LogP contribution in [0.5, 0.6) is 0 Å². The predicted molar refractivity (Wildman–Crippen MR) is 84.0 cm³/mol. The first-order chi connectivity index (χ1) is 10.1. The molecule has 21 heavy (non-hydrogen) atoms. The Kier molecular flexibility index (Phi) is 3.50. The van der Waals surface area contributed by atoms with E-state index in [1.807, 2.05) is 6.07 Å². The highest BCUT2D eigenvalue weighted by Gasteiger charge is 2.12. The van der Waals surface area contributed by atoms with Gasteiger partial charge in [-0.25, -0.2) is 4.98 Å². The molecule has 1 amide bonds. The summed E-state index contributed by atoms with van der Waals surface area (Å²) in [6.07, 6.45) is 0. The van der Waals surface area contributed by atoms with Crippen molar-refractivity contribution >= 4 is 38.9 Å². The zero-order valence-electron chi connectivity index (χ0n) is 11.3. The molecule has 0 unspecified atom stereocenters. The summed E-state index contributed by atoms with van der Waals surface area (Å²) in [6, 6.07) is 12.3. The fraction of sp³-hybridized carbons (Fsp3) is 0.0625. The largest absolute Gasteiger partial charge is 0.321 e. The van der Waals surface area contributed by atoms with Gasteiger partial charge in [-0.3, -0.25) is 9.59 Å². The number of benzene rings is 2. The second kappa shape index (κ2) is 5.46. The van der Waals surface area contributed by atoms with E-state index in [-0.39, 0.29) is 11.7 Å². The monoisotopic (exact) mass is 296 g/mol. The topological polar surface area (TPSA) is 59.1 Å². The number of Topliss-reactive ketones (excluding diaryl/α,β-unsaturated/α-hetero) is 1. The number of carbonyl (C=O) groups excluding carboxylic acids is 2. The van der Waals surface area contributed by atoms with Gasteiger partial charge in [0.25, 0.3) is 5.91 Å². The second-order valence-corrected chi connectivity index (χ2v) is 5.48. The third kappa shape index (κ3) is 2.68. The van der Waals surface area contributed by atoms with Crippen LogP contribution in [-0.4, -0.2) is 16.7 Å². The molecule has 104 valence electrons. The molecule has 0 radical (unpaired) electrons. The minimum Gasteiger partial charge on any atom is -0.321 e. The van der Waals surface area contributed by atoms with Crippen molar-refractivity contribution in [2.45, 2.75) is 6.92 Å². The van der Waals surface area contributed by atoms with E-state index in [1.165, 1.54) is 18.3 Å². The normalized spacial score (nSPS) is 10.5. The molecule has 0 aliphatic heterocycles. The molecule has 1 heterocycles. The Morgan fingerprint density at radius 3 is 2.76 bits per heavy atom. The lowest BCUT2D eigenvalue weighted by Gasteiger charge is -2.09. The maximum Gasteiger partial charge on any atom is 0.255 e. The van der Waals surface area contributed by atoms with Crippen molar-refractivity contribution in [3.8, 4) is 0 Å². The lowest BCUT2D eigenvalue weighted by Crippen LogP contribution is -2.14. The first-order valence-corrected chi connectivity index (χ1v) is 7.27. The van der Waals surface area contributed by atoms with E-state index in [2.05, 4.69) is 10.3 Å². The molecule has 0 saturated heterocycles. The van der Waals surface area contributed by atoms with Gasteiger partial charge in [0.15, 0.2) is 5.78 Å². The van der Waals surface area contributed by atoms with E-state index < -0.39 is 0 Å². The van der Waals surface area contributed by atoms with Crippen LogP contribution in [0.25, 0.3) is 10.2 Å². The molecule has 0 spiro atoms. The van der Waals surface area contributed by atoms with Gasteiger partial charge in [-0.05, 0) is 37.3 Å². The Balaban J connectivity index is 1.91. The fourth-order valence-electron chi connectivity index (χ4n) is 2.09. The highest BCUT2D eigenvalue weighted by molar-refractivity contribution is 7.16. The molecule has 0 aliphatic rings. The summed E-state index contributed by atoms with van der Waals surface area (Å²) in [5.74, 6) is -0.317. The maximum absolute atomic E-state index is 12.3. The van der Waals surface area contributed by atoms with Gasteiger partial charge in [0.05, 0.1) is 21.4 Å². The maximum atomic E-state index is 12.3. The average Bonchev–Trinajstić information content (AvgIpc) is 2.94. The number of nitrogens with one attached hydrogen (secondary N) is 1. The zero-order valence-corrected chi connectivity index (χ0v) is 12.1. The first-order valence-electron chi connectivity index (χ1n) is 6.40. The van der Waals surface area contributed by atoms with Crippen LogP contribution in [-0.2, 0) is 0 Å². The molecule has 3 aromatic rings. The van der Waals surface area contributed by atoms with Gasteiger partial charge < -0.3 is 5.32 Å². The SMILES string of the molecule is CC(=O)c1ccccc1NC(=O)c1ccc2ncsc2c1. The van der Waals surface area contributed by atoms with Crippen molar-refractivity contribution in [3.63, 3.8) is 0 Å². The number of aromatic nitrogens is 1. The van der Waals surface area contributed by atoms with E-state index >= 15 is 0 Å². The third-order valence-corrected chi connectivity index (χ3v) is 3.94. The van der Waals surface area contributed by atoms with Gasteiger partial charge in [-0.1, -0.05) is 12.1 Å². The number of anilines is 1. The minimum atomic E-state index is -0.237. The van der Waals surface area contributed by atoms with Crippen molar-refractivity contribution in [1.29, 1.82) is 0 Å². The number of para-hydroxylation sites is 1. The number of hydrogen-bond donors (Lipinski definition) is 1. The van der Waals surface area contributed by atoms with Crippen LogP contribution in [0.4, 0.5) is 5.69 Å². The smallest absolute Gasteiger partial charge is 0.255 e. The van der Waals surface area contributed by atoms with Crippen molar-refractivity contribution in [1.82, 2.24) is 4.98 Å². The molecule has 1 N–H and O–H groups in total. The van der Waals surface area contributed by atoms with Crippen LogP contribution in [0.1, 0.15) is 27.6 Å². The number of amides is 1. The highest BCUT2D eigenvalue weighted by atomic mass is 32.1. The Morgan fingerprint density at radius 1 is 1.14 bits per heavy atom. The molecule has 4 nitrogen and oxygen atoms in total. The predicted octanol–water partition coefficient (Wildman–Crippen LogP) is 3.75. The zero-order chi connectivity index (χ0) is 14.8. The van der Waals surface area contributed by atoms with E-state index in [4.69, 9.17) is 0 Å². The summed E-state index contributed by atoms with van der Waals surface area (Å²) in [5.41, 5.74) is 4.20. The number of fused-ring (bicyclic) bond motifs is 1. The molecular formula is C16H12N2O2S. The third-order valence-electron chi connectivity index (χ3n) is 3.15. The number of ketones is 1. The van der Waals surface area contributed by atoms with Crippen molar-refractivity contribution in [2.75, 3.05) is 5.32 Å². The lowest BCUT2D eigenvalue weighted by molar-refractivity contribution is 0.101. The molecule has 2 aromatic carbocycles. The van der Waals surface area contributed by atoms with Crippen LogP contribution >= 0.6 is 11.3 Å². The van der Waals surface area contributed by atoms with E-state index in [0.717, 1.165) is 10.2 Å². The quantitative estimate of drug-likeness (QED) is 0.749. The minimum absolute atomic E-state index is 0.0798. The number of nitrogens with zero attached hydrogens (tertiary/aromatic N) is 1. The Bertz CT molecular complexity index is 839. The summed E-state index contributed by atoms with van der Waals surface area (Å²) in [7, 11) is 0. The molecule has 0 fully saturated rings. The molecule has 0 aliphatic carbocycles. The molecule has 0 bridgehead atoms. The summed E-state index contributed by atoms with van der Waals surface area (Å²) in [4.78, 5) is 28.1. The van der Waals surface area contributed by atoms with Gasteiger partial charge in [0, 0.05) is 11.1 Å². The second-order valence-electron chi connectivity index (χ2n) is 4.59. The van der Waals surface area contributed by atoms with Crippen LogP contribution in [0.15, 0.2) is 48.0 Å². The standard InChI is InChI=1S/C16H12N2O2S/c1-10(19)12-4-2-3-5-13(12)18-16(20)11-6-7-14-15(8-11)21-9-17-14/h2-9H,1H3,(H,18,20). The number of rotatable bonds is 3. The Labute approximate surface area is 125 Å². The number of hydrogen-bond acceptors (Lipinski definition) is 4. The van der Waals surface area contributed by atoms with Gasteiger partial charge in [0.2, 0.25) is 0 Å². The van der Waals surface area contributed by atoms with Crippen LogP contribution < -0.4 is 5.32 Å². The molecule has 0 atom stereocenters. The van der Waals surface area contributed by atoms with Crippen molar-refractivity contribution < 1.29 is 9.59 Å². The Morgan fingerprint density at radius 2 is 1.95 bits per heavy atom. The molecule has 3 rings (SSSR count). The van der Waals surface area contributed by atoms with Gasteiger partial charge in [-0.15, -0.1) is 11.3 Å². The molecular weight excluding hydrogens is 284 g/mol. The van der Waals surface area contributed by atoms with Gasteiger partial charge >= 0.3 is 0 Å². The van der Waals surface area contributed by atoms with Crippen LogP contribution in [0.3, 0.4) is 0 Å². The first kappa shape index (κ1) is 13.5. The lowest BCUT2D eigenvalue weighted by atomic mass is 10.1. The van der Waals surface area contributed by atoms with Crippen molar-refractivity contribution in [3.05, 3.63) is 59.1 Å². The summed E-state index contributed by atoms with van der Waals surface area (Å²) >= 11 is 1.49. The summed E-state index contributed by atoms with van der Waals surface area (Å²) in [6.45, 7) is 1.48. The highest BCUT2D eigenvalue weighted by Crippen LogP contribution is 2.21. The van der Waals surface area contributed by atoms with E-state index in [0.29, 0.717) is 16.8 Å². The number of carbonyl (C=O) groups is 2. The molecule has 5 heteroatoms. The van der Waals surface area contributed by atoms with Crippen LogP contribution in [0, 0.1) is 0 Å². The van der Waals surface area contributed by atoms with Crippen molar-refractivity contribution in [2.24, 2.45) is 0 Å². The van der Waals surface area contributed by atoms with Gasteiger partial charge in [0.1, 0.15) is 0 Å². The fourth-order valence-corrected chi connectivity index (χ4v) is 2.81. The van der Waals surface area contributed by atoms with E-state index in [1.54, 1.807) is 41.9 Å². The number of thiazole rings is 1. The van der Waals surface area contributed by atoms with Crippen LogP contribution in [0.2, 0.25) is 0 Å². The average molecular weight is 296 g/mol. The Hall–Kier alpha value is -2.53. The van der Waals surface area contributed by atoms with Gasteiger partial charge in [-0.2, -0.15) is 0 Å². The van der Waals surface area contributed by atoms with E-state index in [9.17, 15) is 9.59 Å². The summed E-state index contributed by atoms with van der Waals surface area (Å²) in [5, 5.41) is 2.79. The molecule has 1 aromatic heterocycles.